The van der Waals surface area contributed by atoms with Crippen LogP contribution in [-0.4, -0.2) is 39.9 Å². The molecule has 7 heteroatoms. The Morgan fingerprint density at radius 2 is 1.42 bits per heavy atom. The molecule has 2 saturated heterocycles. The second-order valence-electron chi connectivity index (χ2n) is 9.37. The van der Waals surface area contributed by atoms with E-state index >= 15 is 0 Å². The molecule has 1 spiro atoms. The number of benzene rings is 2. The summed E-state index contributed by atoms with van der Waals surface area (Å²) >= 11 is 2.19. The zero-order valence-electron chi connectivity index (χ0n) is 17.8. The van der Waals surface area contributed by atoms with Crippen molar-refractivity contribution in [3.8, 4) is 0 Å². The number of nitrogens with zero attached hydrogens (tertiary/aromatic N) is 1. The smallest absolute Gasteiger partial charge is 0.237 e. The highest BCUT2D eigenvalue weighted by Gasteiger charge is 2.75. The number of imide groups is 1. The van der Waals surface area contributed by atoms with Crippen LogP contribution in [0.5, 0.6) is 0 Å². The summed E-state index contributed by atoms with van der Waals surface area (Å²) < 4.78 is 7.33. The van der Waals surface area contributed by atoms with Crippen molar-refractivity contribution in [1.29, 1.82) is 0 Å². The summed E-state index contributed by atoms with van der Waals surface area (Å²) in [6.07, 6.45) is 3.71. The Morgan fingerprint density at radius 3 is 2.03 bits per heavy atom. The van der Waals surface area contributed by atoms with Gasteiger partial charge in [0.25, 0.3) is 0 Å². The quantitative estimate of drug-likeness (QED) is 0.317. The average molecular weight is 555 g/mol. The molecule has 2 aromatic carbocycles. The highest BCUT2D eigenvalue weighted by atomic mass is 127. The van der Waals surface area contributed by atoms with E-state index in [0.717, 1.165) is 35.7 Å². The van der Waals surface area contributed by atoms with Gasteiger partial charge in [-0.2, -0.15) is 0 Å². The van der Waals surface area contributed by atoms with Crippen LogP contribution in [0.4, 0.5) is 0 Å². The molecule has 2 aliphatic heterocycles. The maximum absolute atomic E-state index is 13.9. The molecule has 6 nitrogen and oxygen atoms in total. The highest BCUT2D eigenvalue weighted by Crippen LogP contribution is 2.57. The SMILES string of the molecule is O=C1[C@@H]2[C@@H](C(=O)N1C1CCCCC1)C1(O[C@H]2c2ccc(I)cc2)C(=O)c2ccccc2C1=O. The van der Waals surface area contributed by atoms with Gasteiger partial charge < -0.3 is 4.74 Å². The number of halogens is 1. The molecule has 6 rings (SSSR count). The summed E-state index contributed by atoms with van der Waals surface area (Å²) in [4.78, 5) is 56.4. The van der Waals surface area contributed by atoms with Gasteiger partial charge >= 0.3 is 0 Å². The maximum Gasteiger partial charge on any atom is 0.237 e. The van der Waals surface area contributed by atoms with Crippen LogP contribution in [0.25, 0.3) is 0 Å². The summed E-state index contributed by atoms with van der Waals surface area (Å²) in [6, 6.07) is 13.9. The van der Waals surface area contributed by atoms with Gasteiger partial charge in [0.2, 0.25) is 29.0 Å². The molecule has 2 aromatic rings. The molecule has 2 heterocycles. The molecular weight excluding hydrogens is 533 g/mol. The largest absolute Gasteiger partial charge is 0.349 e. The van der Waals surface area contributed by atoms with Gasteiger partial charge in [0.05, 0.1) is 17.9 Å². The van der Waals surface area contributed by atoms with Crippen molar-refractivity contribution in [3.63, 3.8) is 0 Å². The van der Waals surface area contributed by atoms with Crippen molar-refractivity contribution in [3.05, 3.63) is 68.8 Å². The Bertz CT molecular complexity index is 1160. The molecular formula is C26H22INO5. The van der Waals surface area contributed by atoms with Crippen molar-refractivity contribution in [2.24, 2.45) is 11.8 Å². The van der Waals surface area contributed by atoms with E-state index in [1.54, 1.807) is 24.3 Å². The van der Waals surface area contributed by atoms with E-state index in [1.807, 2.05) is 24.3 Å². The minimum Gasteiger partial charge on any atom is -0.349 e. The zero-order chi connectivity index (χ0) is 22.9. The number of carbonyl (C=O) groups excluding carboxylic acids is 4. The summed E-state index contributed by atoms with van der Waals surface area (Å²) in [5.74, 6) is -3.77. The number of fused-ring (bicyclic) bond motifs is 3. The maximum atomic E-state index is 13.9. The third-order valence-corrected chi connectivity index (χ3v) is 8.41. The van der Waals surface area contributed by atoms with Crippen LogP contribution in [0.2, 0.25) is 0 Å². The lowest BCUT2D eigenvalue weighted by Gasteiger charge is -2.33. The van der Waals surface area contributed by atoms with Crippen molar-refractivity contribution < 1.29 is 23.9 Å². The number of ketones is 2. The van der Waals surface area contributed by atoms with Crippen molar-refractivity contribution in [1.82, 2.24) is 4.90 Å². The number of hydrogen-bond donors (Lipinski definition) is 0. The molecule has 3 atom stereocenters. The number of carbonyl (C=O) groups is 4. The fourth-order valence-corrected chi connectivity index (χ4v) is 6.55. The second kappa shape index (κ2) is 7.56. The zero-order valence-corrected chi connectivity index (χ0v) is 20.0. The molecule has 33 heavy (non-hydrogen) atoms. The van der Waals surface area contributed by atoms with Gasteiger partial charge in [-0.15, -0.1) is 0 Å². The molecule has 0 bridgehead atoms. The molecule has 0 aromatic heterocycles. The number of rotatable bonds is 2. The first-order valence-electron chi connectivity index (χ1n) is 11.4. The van der Waals surface area contributed by atoms with E-state index in [2.05, 4.69) is 22.6 Å². The summed E-state index contributed by atoms with van der Waals surface area (Å²) in [5, 5.41) is 0. The van der Waals surface area contributed by atoms with Crippen LogP contribution in [0.15, 0.2) is 48.5 Å². The lowest BCUT2D eigenvalue weighted by molar-refractivity contribution is -0.148. The van der Waals surface area contributed by atoms with Gasteiger partial charge in [0, 0.05) is 20.7 Å². The van der Waals surface area contributed by atoms with E-state index in [4.69, 9.17) is 4.74 Å². The Hall–Kier alpha value is -2.39. The minimum absolute atomic E-state index is 0.173. The summed E-state index contributed by atoms with van der Waals surface area (Å²) in [5.41, 5.74) is -0.745. The van der Waals surface area contributed by atoms with Gasteiger partial charge in [-0.05, 0) is 53.1 Å². The molecule has 0 N–H and O–H groups in total. The first kappa shape index (κ1) is 21.2. The lowest BCUT2D eigenvalue weighted by atomic mass is 9.77. The predicted molar refractivity (Wildman–Crippen MR) is 127 cm³/mol. The van der Waals surface area contributed by atoms with Crippen molar-refractivity contribution in [2.75, 3.05) is 0 Å². The molecule has 4 aliphatic rings. The van der Waals surface area contributed by atoms with E-state index in [-0.39, 0.29) is 23.1 Å². The third kappa shape index (κ3) is 2.81. The Morgan fingerprint density at radius 1 is 0.818 bits per heavy atom. The Balaban J connectivity index is 1.50. The molecule has 2 aliphatic carbocycles. The van der Waals surface area contributed by atoms with Crippen molar-refractivity contribution in [2.45, 2.75) is 49.9 Å². The first-order valence-corrected chi connectivity index (χ1v) is 12.5. The number of likely N-dealkylation sites (tertiary alicyclic amines) is 1. The van der Waals surface area contributed by atoms with Crippen LogP contribution >= 0.6 is 22.6 Å². The minimum atomic E-state index is -1.97. The van der Waals surface area contributed by atoms with Crippen LogP contribution in [0.1, 0.15) is 64.5 Å². The molecule has 168 valence electrons. The molecule has 0 radical (unpaired) electrons. The fourth-order valence-electron chi connectivity index (χ4n) is 6.19. The standard InChI is InChI=1S/C26H22INO5/c27-15-12-10-14(11-13-15)21-19-20(25(32)28(24(19)31)16-6-2-1-3-7-16)26(33-21)22(29)17-8-4-5-9-18(17)23(26)30/h4-5,8-13,16,19-21H,1-3,6-7H2/t19-,20+,21+/m1/s1. The van der Waals surface area contributed by atoms with E-state index in [9.17, 15) is 19.2 Å². The van der Waals surface area contributed by atoms with Crippen molar-refractivity contribution >= 4 is 46.0 Å². The monoisotopic (exact) mass is 555 g/mol. The summed E-state index contributed by atoms with van der Waals surface area (Å²) in [6.45, 7) is 0. The number of ether oxygens (including phenoxy) is 1. The summed E-state index contributed by atoms with van der Waals surface area (Å²) in [7, 11) is 0. The van der Waals surface area contributed by atoms with Gasteiger partial charge in [-0.25, -0.2) is 0 Å². The normalized spacial score (nSPS) is 28.6. The fraction of sp³-hybridized carbons (Fsp3) is 0.385. The molecule has 1 saturated carbocycles. The van der Waals surface area contributed by atoms with Crippen LogP contribution in [0, 0.1) is 15.4 Å². The van der Waals surface area contributed by atoms with Gasteiger partial charge in [0.1, 0.15) is 0 Å². The van der Waals surface area contributed by atoms with Crippen LogP contribution in [-0.2, 0) is 14.3 Å². The second-order valence-corrected chi connectivity index (χ2v) is 10.6. The molecule has 3 fully saturated rings. The lowest BCUT2D eigenvalue weighted by Crippen LogP contribution is -2.52. The van der Waals surface area contributed by atoms with E-state index in [1.165, 1.54) is 4.90 Å². The predicted octanol–water partition coefficient (Wildman–Crippen LogP) is 4.11. The molecule has 2 amide bonds. The number of amides is 2. The average Bonchev–Trinajstić information content (AvgIpc) is 3.40. The van der Waals surface area contributed by atoms with Crippen LogP contribution in [0.3, 0.4) is 0 Å². The Labute approximate surface area is 204 Å². The molecule has 0 unspecified atom stereocenters. The topological polar surface area (TPSA) is 80.8 Å². The first-order chi connectivity index (χ1) is 15.9. The highest BCUT2D eigenvalue weighted by molar-refractivity contribution is 14.1. The van der Waals surface area contributed by atoms with Crippen LogP contribution < -0.4 is 0 Å². The third-order valence-electron chi connectivity index (χ3n) is 7.69. The Kier molecular flexibility index (Phi) is 4.85. The number of hydrogen-bond acceptors (Lipinski definition) is 5. The van der Waals surface area contributed by atoms with Gasteiger partial charge in [0.15, 0.2) is 0 Å². The van der Waals surface area contributed by atoms with E-state index < -0.39 is 41.0 Å². The number of Topliss-reactive ketones (excluding diaryl/α,β-unsaturated/α-hetero) is 2. The van der Waals surface area contributed by atoms with Gasteiger partial charge in [-0.1, -0.05) is 55.7 Å². The van der Waals surface area contributed by atoms with Gasteiger partial charge in [-0.3, -0.25) is 24.1 Å². The van der Waals surface area contributed by atoms with E-state index in [0.29, 0.717) is 5.56 Å².